The molecule has 0 heterocycles. The van der Waals surface area contributed by atoms with Crippen molar-refractivity contribution < 1.29 is 9.13 Å². The molecule has 2 nitrogen and oxygen atoms in total. The lowest BCUT2D eigenvalue weighted by atomic mass is 9.98. The summed E-state index contributed by atoms with van der Waals surface area (Å²) in [5.41, 5.74) is 7.64. The van der Waals surface area contributed by atoms with E-state index in [0.29, 0.717) is 20.8 Å². The molecule has 0 saturated heterocycles. The fourth-order valence-corrected chi connectivity index (χ4v) is 2.86. The highest BCUT2D eigenvalue weighted by molar-refractivity contribution is 9.10. The van der Waals surface area contributed by atoms with Crippen LogP contribution in [0.3, 0.4) is 0 Å². The first-order valence-corrected chi connectivity index (χ1v) is 7.64. The van der Waals surface area contributed by atoms with Crippen LogP contribution in [0.1, 0.15) is 17.2 Å². The molecular formula is C14H11Br2ClFNO. The maximum atomic E-state index is 13.6. The molecule has 0 aliphatic heterocycles. The van der Waals surface area contributed by atoms with Gasteiger partial charge in [-0.3, -0.25) is 0 Å². The maximum Gasteiger partial charge on any atom is 0.141 e. The first-order valence-electron chi connectivity index (χ1n) is 5.67. The summed E-state index contributed by atoms with van der Waals surface area (Å²) in [4.78, 5) is 0. The molecule has 0 bridgehead atoms. The molecule has 106 valence electrons. The van der Waals surface area contributed by atoms with Gasteiger partial charge in [-0.2, -0.15) is 0 Å². The molecule has 6 heteroatoms. The topological polar surface area (TPSA) is 35.2 Å². The molecule has 0 radical (unpaired) electrons. The number of methoxy groups -OCH3 is 1. The van der Waals surface area contributed by atoms with Crippen molar-refractivity contribution in [3.8, 4) is 5.75 Å². The van der Waals surface area contributed by atoms with Crippen LogP contribution in [0.5, 0.6) is 5.75 Å². The number of benzene rings is 2. The Morgan fingerprint density at radius 3 is 2.55 bits per heavy atom. The van der Waals surface area contributed by atoms with Crippen molar-refractivity contribution in [3.63, 3.8) is 0 Å². The Morgan fingerprint density at radius 1 is 1.20 bits per heavy atom. The van der Waals surface area contributed by atoms with E-state index >= 15 is 0 Å². The van der Waals surface area contributed by atoms with Crippen LogP contribution in [0, 0.1) is 5.82 Å². The Labute approximate surface area is 138 Å². The number of hydrogen-bond donors (Lipinski definition) is 1. The summed E-state index contributed by atoms with van der Waals surface area (Å²) in [5, 5.41) is 0.545. The fraction of sp³-hybridized carbons (Fsp3) is 0.143. The van der Waals surface area contributed by atoms with Crippen LogP contribution in [0.2, 0.25) is 5.02 Å². The molecule has 0 aliphatic rings. The Bertz CT molecular complexity index is 651. The zero-order chi connectivity index (χ0) is 14.9. The zero-order valence-electron chi connectivity index (χ0n) is 10.5. The third kappa shape index (κ3) is 3.17. The molecule has 2 N–H and O–H groups in total. The second-order valence-electron chi connectivity index (χ2n) is 4.15. The Kier molecular flexibility index (Phi) is 5.07. The van der Waals surface area contributed by atoms with Crippen molar-refractivity contribution in [1.29, 1.82) is 0 Å². The summed E-state index contributed by atoms with van der Waals surface area (Å²) < 4.78 is 19.9. The molecular weight excluding hydrogens is 412 g/mol. The predicted molar refractivity (Wildman–Crippen MR) is 85.8 cm³/mol. The Balaban J connectivity index is 2.55. The highest BCUT2D eigenvalue weighted by Gasteiger charge is 2.19. The molecule has 20 heavy (non-hydrogen) atoms. The van der Waals surface area contributed by atoms with Gasteiger partial charge in [-0.1, -0.05) is 27.5 Å². The minimum Gasteiger partial charge on any atom is -0.496 e. The quantitative estimate of drug-likeness (QED) is 0.749. The van der Waals surface area contributed by atoms with E-state index in [1.54, 1.807) is 12.1 Å². The average Bonchev–Trinajstić information content (AvgIpc) is 2.43. The maximum absolute atomic E-state index is 13.6. The number of rotatable bonds is 3. The van der Waals surface area contributed by atoms with Crippen LogP contribution in [0.15, 0.2) is 39.3 Å². The lowest BCUT2D eigenvalue weighted by Crippen LogP contribution is -2.14. The lowest BCUT2D eigenvalue weighted by molar-refractivity contribution is 0.404. The highest BCUT2D eigenvalue weighted by atomic mass is 79.9. The molecule has 0 aliphatic carbocycles. The molecule has 2 aromatic carbocycles. The first-order chi connectivity index (χ1) is 9.43. The largest absolute Gasteiger partial charge is 0.496 e. The van der Waals surface area contributed by atoms with Crippen LogP contribution in [0.4, 0.5) is 4.39 Å². The van der Waals surface area contributed by atoms with E-state index in [1.165, 1.54) is 13.2 Å². The molecule has 2 aromatic rings. The van der Waals surface area contributed by atoms with Gasteiger partial charge in [0.2, 0.25) is 0 Å². The summed E-state index contributed by atoms with van der Waals surface area (Å²) in [6, 6.07) is 7.81. The van der Waals surface area contributed by atoms with Gasteiger partial charge in [0.1, 0.15) is 11.6 Å². The van der Waals surface area contributed by atoms with E-state index in [1.807, 2.05) is 12.1 Å². The van der Waals surface area contributed by atoms with Crippen LogP contribution in [-0.2, 0) is 0 Å². The van der Waals surface area contributed by atoms with Crippen molar-refractivity contribution in [3.05, 3.63) is 61.2 Å². The molecule has 2 rings (SSSR count). The molecule has 0 aromatic heterocycles. The number of halogens is 4. The first kappa shape index (κ1) is 15.8. The van der Waals surface area contributed by atoms with Crippen molar-refractivity contribution in [2.45, 2.75) is 6.04 Å². The smallest absolute Gasteiger partial charge is 0.141 e. The van der Waals surface area contributed by atoms with E-state index in [2.05, 4.69) is 31.9 Å². The Morgan fingerprint density at radius 2 is 1.90 bits per heavy atom. The van der Waals surface area contributed by atoms with E-state index in [0.717, 1.165) is 10.0 Å². The summed E-state index contributed by atoms with van der Waals surface area (Å²) in [6.45, 7) is 0. The summed E-state index contributed by atoms with van der Waals surface area (Å²) >= 11 is 12.7. The summed E-state index contributed by atoms with van der Waals surface area (Å²) in [5.74, 6) is -0.0209. The van der Waals surface area contributed by atoms with Crippen molar-refractivity contribution in [2.24, 2.45) is 5.73 Å². The Hall–Kier alpha value is -0.620. The van der Waals surface area contributed by atoms with Gasteiger partial charge in [0, 0.05) is 21.1 Å². The van der Waals surface area contributed by atoms with Crippen LogP contribution in [-0.4, -0.2) is 7.11 Å². The fourth-order valence-electron chi connectivity index (χ4n) is 1.88. The monoisotopic (exact) mass is 421 g/mol. The van der Waals surface area contributed by atoms with E-state index in [9.17, 15) is 4.39 Å². The van der Waals surface area contributed by atoms with Crippen molar-refractivity contribution >= 4 is 43.5 Å². The molecule has 1 unspecified atom stereocenters. The highest BCUT2D eigenvalue weighted by Crippen LogP contribution is 2.36. The average molecular weight is 424 g/mol. The predicted octanol–water partition coefficient (Wildman–Crippen LogP) is 5.06. The minimum absolute atomic E-state index is 0.329. The number of nitrogens with two attached hydrogens (primary N) is 1. The van der Waals surface area contributed by atoms with Gasteiger partial charge in [0.25, 0.3) is 0 Å². The molecule has 0 saturated carbocycles. The van der Waals surface area contributed by atoms with Gasteiger partial charge in [-0.25, -0.2) is 4.39 Å². The zero-order valence-corrected chi connectivity index (χ0v) is 14.4. The van der Waals surface area contributed by atoms with Gasteiger partial charge < -0.3 is 10.5 Å². The standard InChI is InChI=1S/C14H11Br2ClFNO/c1-20-13-6-12(18)10(16)5-9(13)14(19)8-4-7(15)2-3-11(8)17/h2-6,14H,19H2,1H3. The second kappa shape index (κ2) is 6.43. The third-order valence-corrected chi connectivity index (χ3v) is 4.35. The van der Waals surface area contributed by atoms with Gasteiger partial charge >= 0.3 is 0 Å². The third-order valence-electron chi connectivity index (χ3n) is 2.90. The normalized spacial score (nSPS) is 12.3. The number of ether oxygens (including phenoxy) is 1. The number of hydrogen-bond acceptors (Lipinski definition) is 2. The van der Waals surface area contributed by atoms with Gasteiger partial charge in [0.15, 0.2) is 0 Å². The van der Waals surface area contributed by atoms with Crippen LogP contribution >= 0.6 is 43.5 Å². The second-order valence-corrected chi connectivity index (χ2v) is 6.33. The van der Waals surface area contributed by atoms with E-state index in [4.69, 9.17) is 22.1 Å². The van der Waals surface area contributed by atoms with Gasteiger partial charge in [-0.05, 0) is 45.8 Å². The summed E-state index contributed by atoms with van der Waals surface area (Å²) in [7, 11) is 1.47. The van der Waals surface area contributed by atoms with Crippen LogP contribution in [0.25, 0.3) is 0 Å². The van der Waals surface area contributed by atoms with Crippen molar-refractivity contribution in [1.82, 2.24) is 0 Å². The molecule has 0 amide bonds. The molecule has 0 fully saturated rings. The van der Waals surface area contributed by atoms with E-state index in [-0.39, 0.29) is 0 Å². The minimum atomic E-state index is -0.521. The molecule has 0 spiro atoms. The lowest BCUT2D eigenvalue weighted by Gasteiger charge is -2.18. The van der Waals surface area contributed by atoms with Gasteiger partial charge in [-0.15, -0.1) is 0 Å². The van der Waals surface area contributed by atoms with Gasteiger partial charge in [0.05, 0.1) is 17.6 Å². The van der Waals surface area contributed by atoms with E-state index < -0.39 is 11.9 Å². The van der Waals surface area contributed by atoms with Crippen molar-refractivity contribution in [2.75, 3.05) is 7.11 Å². The SMILES string of the molecule is COc1cc(F)c(Br)cc1C(N)c1cc(Br)ccc1Cl. The summed E-state index contributed by atoms with van der Waals surface area (Å²) in [6.07, 6.45) is 0. The van der Waals surface area contributed by atoms with Crippen LogP contribution < -0.4 is 10.5 Å². The molecule has 1 atom stereocenters.